The Hall–Kier alpha value is -1.05. The smallest absolute Gasteiger partial charge is 0.174 e. The lowest BCUT2D eigenvalue weighted by atomic mass is 10.3. The van der Waals surface area contributed by atoms with Crippen LogP contribution in [0.2, 0.25) is 0 Å². The molecule has 0 aliphatic carbocycles. The summed E-state index contributed by atoms with van der Waals surface area (Å²) in [7, 11) is 0. The van der Waals surface area contributed by atoms with Crippen molar-refractivity contribution in [3.05, 3.63) is 11.1 Å². The van der Waals surface area contributed by atoms with Gasteiger partial charge in [-0.05, 0) is 6.92 Å². The van der Waals surface area contributed by atoms with Gasteiger partial charge in [-0.15, -0.1) is 0 Å². The van der Waals surface area contributed by atoms with E-state index >= 15 is 0 Å². The van der Waals surface area contributed by atoms with Crippen molar-refractivity contribution in [2.45, 2.75) is 12.4 Å². The Morgan fingerprint density at radius 3 is 3.14 bits per heavy atom. The van der Waals surface area contributed by atoms with Crippen molar-refractivity contribution in [3.63, 3.8) is 0 Å². The monoisotopic (exact) mass is 217 g/mol. The molecule has 0 spiro atoms. The van der Waals surface area contributed by atoms with Gasteiger partial charge in [0.15, 0.2) is 17.5 Å². The summed E-state index contributed by atoms with van der Waals surface area (Å²) in [5.41, 5.74) is 5.14. The first-order valence-electron chi connectivity index (χ1n) is 3.95. The summed E-state index contributed by atoms with van der Waals surface area (Å²) in [6.45, 7) is 2.10. The van der Waals surface area contributed by atoms with E-state index in [2.05, 4.69) is 5.16 Å². The molecule has 0 saturated carbocycles. The molecule has 1 heterocycles. The van der Waals surface area contributed by atoms with Crippen LogP contribution in [0.4, 0.5) is 0 Å². The minimum absolute atomic E-state index is 0.0230. The van der Waals surface area contributed by atoms with Crippen LogP contribution in [0.15, 0.2) is 16.3 Å². The molecule has 1 atom stereocenters. The third-order valence-electron chi connectivity index (χ3n) is 1.47. The molecule has 7 heteroatoms. The molecule has 0 aromatic heterocycles. The van der Waals surface area contributed by atoms with Crippen molar-refractivity contribution in [2.24, 2.45) is 10.9 Å². The van der Waals surface area contributed by atoms with Gasteiger partial charge >= 0.3 is 0 Å². The molecule has 14 heavy (non-hydrogen) atoms. The fourth-order valence-corrected chi connectivity index (χ4v) is 1.55. The number of hydrogen-bond donors (Lipinski definition) is 2. The van der Waals surface area contributed by atoms with Crippen molar-refractivity contribution in [1.82, 2.24) is 5.06 Å². The van der Waals surface area contributed by atoms with E-state index in [1.165, 1.54) is 11.8 Å². The van der Waals surface area contributed by atoms with Crippen molar-refractivity contribution in [1.29, 1.82) is 0 Å². The van der Waals surface area contributed by atoms with Gasteiger partial charge in [0.25, 0.3) is 0 Å². The van der Waals surface area contributed by atoms with Crippen LogP contribution >= 0.6 is 11.8 Å². The number of carbonyl (C=O) groups is 1. The largest absolute Gasteiger partial charge is 0.395 e. The van der Waals surface area contributed by atoms with Crippen LogP contribution in [0.5, 0.6) is 0 Å². The SMILES string of the molecule is CCO/N=C(\C=O)C1=CSC(N)N1O. The van der Waals surface area contributed by atoms with Crippen LogP contribution in [0.25, 0.3) is 0 Å². The maximum absolute atomic E-state index is 10.6. The number of allylic oxidation sites excluding steroid dienone is 1. The molecule has 1 aliphatic heterocycles. The van der Waals surface area contributed by atoms with Crippen LogP contribution in [-0.4, -0.2) is 34.4 Å². The number of rotatable bonds is 4. The summed E-state index contributed by atoms with van der Waals surface area (Å²) >= 11 is 1.19. The third-order valence-corrected chi connectivity index (χ3v) is 2.31. The molecule has 0 bridgehead atoms. The summed E-state index contributed by atoms with van der Waals surface area (Å²) in [6, 6.07) is 0. The van der Waals surface area contributed by atoms with Crippen LogP contribution in [0.1, 0.15) is 6.92 Å². The first-order valence-corrected chi connectivity index (χ1v) is 4.89. The standard InChI is InChI=1S/C7H11N3O3S/c1-2-13-9-5(3-11)6-4-14-7(8)10(6)12/h3-4,7,12H,2,8H2,1H3/b9-5+. The van der Waals surface area contributed by atoms with Crippen molar-refractivity contribution >= 4 is 23.8 Å². The molecule has 3 N–H and O–H groups in total. The van der Waals surface area contributed by atoms with E-state index in [0.717, 1.165) is 5.06 Å². The Balaban J connectivity index is 2.76. The average Bonchev–Trinajstić information content (AvgIpc) is 2.51. The summed E-state index contributed by atoms with van der Waals surface area (Å²) in [4.78, 5) is 15.3. The molecule has 0 aromatic rings. The molecular weight excluding hydrogens is 206 g/mol. The predicted octanol–water partition coefficient (Wildman–Crippen LogP) is 0.0995. The Morgan fingerprint density at radius 2 is 2.71 bits per heavy atom. The highest BCUT2D eigenvalue weighted by atomic mass is 32.2. The van der Waals surface area contributed by atoms with Gasteiger partial charge in [-0.3, -0.25) is 10.0 Å². The van der Waals surface area contributed by atoms with Crippen LogP contribution in [-0.2, 0) is 9.63 Å². The molecule has 0 radical (unpaired) electrons. The number of hydroxylamine groups is 2. The Labute approximate surface area is 85.3 Å². The van der Waals surface area contributed by atoms with Crippen molar-refractivity contribution in [2.75, 3.05) is 6.61 Å². The summed E-state index contributed by atoms with van der Waals surface area (Å²) in [5.74, 6) is 0. The number of hydrogen-bond acceptors (Lipinski definition) is 7. The van der Waals surface area contributed by atoms with Gasteiger partial charge in [-0.25, -0.2) is 5.06 Å². The first kappa shape index (κ1) is 11.0. The van der Waals surface area contributed by atoms with Gasteiger partial charge < -0.3 is 10.6 Å². The maximum atomic E-state index is 10.6. The highest BCUT2D eigenvalue weighted by Crippen LogP contribution is 2.25. The molecule has 78 valence electrons. The van der Waals surface area contributed by atoms with E-state index in [1.807, 2.05) is 0 Å². The normalized spacial score (nSPS) is 22.2. The molecule has 0 saturated heterocycles. The molecule has 0 fully saturated rings. The summed E-state index contributed by atoms with van der Waals surface area (Å²) < 4.78 is 0. The van der Waals surface area contributed by atoms with E-state index in [-0.39, 0.29) is 11.4 Å². The number of thioether (sulfide) groups is 1. The molecule has 1 rings (SSSR count). The number of carbonyl (C=O) groups excluding carboxylic acids is 1. The van der Waals surface area contributed by atoms with E-state index in [0.29, 0.717) is 12.9 Å². The second kappa shape index (κ2) is 4.99. The molecule has 1 unspecified atom stereocenters. The van der Waals surface area contributed by atoms with E-state index in [1.54, 1.807) is 12.3 Å². The highest BCUT2D eigenvalue weighted by molar-refractivity contribution is 8.02. The number of nitrogens with two attached hydrogens (primary N) is 1. The Morgan fingerprint density at radius 1 is 2.00 bits per heavy atom. The summed E-state index contributed by atoms with van der Waals surface area (Å²) in [5, 5.41) is 15.2. The fraction of sp³-hybridized carbons (Fsp3) is 0.429. The van der Waals surface area contributed by atoms with Gasteiger partial charge in [-0.1, -0.05) is 16.9 Å². The number of aldehydes is 1. The molecule has 0 amide bonds. The lowest BCUT2D eigenvalue weighted by molar-refractivity contribution is -0.103. The number of nitrogens with zero attached hydrogens (tertiary/aromatic N) is 2. The van der Waals surface area contributed by atoms with Crippen LogP contribution < -0.4 is 5.73 Å². The van der Waals surface area contributed by atoms with E-state index in [4.69, 9.17) is 10.6 Å². The molecule has 0 aromatic carbocycles. The topological polar surface area (TPSA) is 88.1 Å². The van der Waals surface area contributed by atoms with Gasteiger partial charge in [0.05, 0.1) is 0 Å². The summed E-state index contributed by atoms with van der Waals surface area (Å²) in [6.07, 6.45) is 0.503. The van der Waals surface area contributed by atoms with Gasteiger partial charge in [-0.2, -0.15) is 0 Å². The fourth-order valence-electron chi connectivity index (χ4n) is 0.823. The first-order chi connectivity index (χ1) is 6.70. The van der Waals surface area contributed by atoms with Crippen molar-refractivity contribution < 1.29 is 14.8 Å². The zero-order chi connectivity index (χ0) is 10.6. The maximum Gasteiger partial charge on any atom is 0.174 e. The van der Waals surface area contributed by atoms with Crippen LogP contribution in [0.3, 0.4) is 0 Å². The Kier molecular flexibility index (Phi) is 3.93. The van der Waals surface area contributed by atoms with Gasteiger partial charge in [0.1, 0.15) is 12.3 Å². The average molecular weight is 217 g/mol. The van der Waals surface area contributed by atoms with E-state index < -0.39 is 5.50 Å². The minimum Gasteiger partial charge on any atom is -0.395 e. The lowest BCUT2D eigenvalue weighted by Gasteiger charge is -2.16. The number of oxime groups is 1. The zero-order valence-electron chi connectivity index (χ0n) is 7.58. The van der Waals surface area contributed by atoms with Gasteiger partial charge in [0, 0.05) is 5.41 Å². The molecule has 1 aliphatic rings. The quantitative estimate of drug-likeness (QED) is 0.394. The highest BCUT2D eigenvalue weighted by Gasteiger charge is 2.25. The predicted molar refractivity (Wildman–Crippen MR) is 52.4 cm³/mol. The lowest BCUT2D eigenvalue weighted by Crippen LogP contribution is -2.34. The molecular formula is C7H11N3O3S. The third kappa shape index (κ3) is 2.25. The minimum atomic E-state index is -0.600. The second-order valence-electron chi connectivity index (χ2n) is 2.39. The van der Waals surface area contributed by atoms with E-state index in [9.17, 15) is 10.0 Å². The Bertz CT molecular complexity index is 279. The van der Waals surface area contributed by atoms with Crippen LogP contribution in [0, 0.1) is 0 Å². The van der Waals surface area contributed by atoms with Crippen molar-refractivity contribution in [3.8, 4) is 0 Å². The second-order valence-corrected chi connectivity index (χ2v) is 3.38. The molecule has 6 nitrogen and oxygen atoms in total. The van der Waals surface area contributed by atoms with Gasteiger partial charge in [0.2, 0.25) is 0 Å². The zero-order valence-corrected chi connectivity index (χ0v) is 8.40.